The van der Waals surface area contributed by atoms with E-state index in [9.17, 15) is 9.59 Å². The van der Waals surface area contributed by atoms with E-state index in [1.54, 1.807) is 16.0 Å². The van der Waals surface area contributed by atoms with Gasteiger partial charge in [0.15, 0.2) is 5.65 Å². The largest absolute Gasteiger partial charge is 0.340 e. The molecule has 1 aliphatic rings. The number of carbonyl (C=O) groups is 1. The summed E-state index contributed by atoms with van der Waals surface area (Å²) in [6.07, 6.45) is 2.23. The fourth-order valence-corrected chi connectivity index (χ4v) is 4.75. The van der Waals surface area contributed by atoms with Crippen molar-refractivity contribution in [3.63, 3.8) is 0 Å². The number of aromatic nitrogens is 4. The molecule has 0 unspecified atom stereocenters. The second-order valence-corrected chi connectivity index (χ2v) is 8.91. The fourth-order valence-electron chi connectivity index (χ4n) is 4.00. The van der Waals surface area contributed by atoms with E-state index in [1.165, 1.54) is 11.1 Å². The topological polar surface area (TPSA) is 87.1 Å². The van der Waals surface area contributed by atoms with E-state index in [2.05, 4.69) is 37.5 Å². The summed E-state index contributed by atoms with van der Waals surface area (Å²) in [5.74, 6) is 0.602. The standard InChI is InChI=1S/C23H24N6O2S/c30-21(28-12-10-27(11-13-28)16-18-7-4-14-32-18)9-8-20-25-22-19(23(31)26-20)15-24-29(22)17-5-2-1-3-6-17/h1-7,14-15H,8-13,16H2,(H,25,26,31). The van der Waals surface area contributed by atoms with Gasteiger partial charge in [-0.25, -0.2) is 9.67 Å². The molecule has 1 fully saturated rings. The second-order valence-electron chi connectivity index (χ2n) is 7.88. The van der Waals surface area contributed by atoms with Gasteiger partial charge in [-0.3, -0.25) is 14.5 Å². The Morgan fingerprint density at radius 1 is 1.06 bits per heavy atom. The summed E-state index contributed by atoms with van der Waals surface area (Å²) >= 11 is 1.77. The molecule has 0 aliphatic carbocycles. The monoisotopic (exact) mass is 448 g/mol. The Labute approximate surface area is 189 Å². The van der Waals surface area contributed by atoms with Crippen LogP contribution in [0.3, 0.4) is 0 Å². The van der Waals surface area contributed by atoms with Gasteiger partial charge in [-0.1, -0.05) is 24.3 Å². The number of carbonyl (C=O) groups excluding carboxylic acids is 1. The SMILES string of the molecule is O=C(CCc1nc2c(cnn2-c2ccccc2)c(=O)[nH]1)N1CCN(Cc2cccs2)CC1. The average Bonchev–Trinajstić information content (AvgIpc) is 3.49. The van der Waals surface area contributed by atoms with Crippen LogP contribution in [0.25, 0.3) is 16.7 Å². The molecule has 1 saturated heterocycles. The molecule has 32 heavy (non-hydrogen) atoms. The first-order valence-corrected chi connectivity index (χ1v) is 11.6. The number of aryl methyl sites for hydroxylation is 1. The summed E-state index contributed by atoms with van der Waals surface area (Å²) < 4.78 is 1.66. The Morgan fingerprint density at radius 3 is 2.62 bits per heavy atom. The maximum atomic E-state index is 12.8. The summed E-state index contributed by atoms with van der Waals surface area (Å²) in [6.45, 7) is 4.16. The lowest BCUT2D eigenvalue weighted by atomic mass is 10.2. The summed E-state index contributed by atoms with van der Waals surface area (Å²) in [5, 5.41) is 6.86. The number of H-pyrrole nitrogens is 1. The molecule has 0 atom stereocenters. The van der Waals surface area contributed by atoms with Crippen molar-refractivity contribution in [3.05, 3.63) is 75.1 Å². The van der Waals surface area contributed by atoms with Gasteiger partial charge in [-0.2, -0.15) is 5.10 Å². The van der Waals surface area contributed by atoms with Crippen molar-refractivity contribution in [3.8, 4) is 5.69 Å². The number of fused-ring (bicyclic) bond motifs is 1. The third kappa shape index (κ3) is 4.35. The number of thiophene rings is 1. The number of nitrogens with zero attached hydrogens (tertiary/aromatic N) is 5. The molecule has 164 valence electrons. The number of aromatic amines is 1. The number of amides is 1. The minimum atomic E-state index is -0.234. The quantitative estimate of drug-likeness (QED) is 0.490. The van der Waals surface area contributed by atoms with Crippen LogP contribution in [-0.2, 0) is 17.8 Å². The zero-order chi connectivity index (χ0) is 21.9. The Bertz CT molecular complexity index is 1260. The van der Waals surface area contributed by atoms with Crippen molar-refractivity contribution in [2.75, 3.05) is 26.2 Å². The Morgan fingerprint density at radius 2 is 1.88 bits per heavy atom. The highest BCUT2D eigenvalue weighted by Gasteiger charge is 2.21. The van der Waals surface area contributed by atoms with Gasteiger partial charge >= 0.3 is 0 Å². The van der Waals surface area contributed by atoms with Crippen LogP contribution in [0.1, 0.15) is 17.1 Å². The maximum Gasteiger partial charge on any atom is 0.262 e. The Kier molecular flexibility index (Phi) is 5.83. The van der Waals surface area contributed by atoms with Gasteiger partial charge in [0.05, 0.1) is 11.9 Å². The van der Waals surface area contributed by atoms with Crippen molar-refractivity contribution in [2.24, 2.45) is 0 Å². The number of hydrogen-bond donors (Lipinski definition) is 1. The van der Waals surface area contributed by atoms with E-state index in [-0.39, 0.29) is 11.5 Å². The van der Waals surface area contributed by atoms with Crippen LogP contribution in [-0.4, -0.2) is 61.6 Å². The van der Waals surface area contributed by atoms with Crippen molar-refractivity contribution in [1.29, 1.82) is 0 Å². The van der Waals surface area contributed by atoms with Crippen LogP contribution < -0.4 is 5.56 Å². The van der Waals surface area contributed by atoms with E-state index >= 15 is 0 Å². The van der Waals surface area contributed by atoms with Crippen LogP contribution in [0.2, 0.25) is 0 Å². The number of hydrogen-bond acceptors (Lipinski definition) is 6. The van der Waals surface area contributed by atoms with Gasteiger partial charge in [0.25, 0.3) is 5.56 Å². The first-order valence-electron chi connectivity index (χ1n) is 10.7. The number of para-hydroxylation sites is 1. The van der Waals surface area contributed by atoms with E-state index < -0.39 is 0 Å². The van der Waals surface area contributed by atoms with E-state index in [1.807, 2.05) is 35.2 Å². The molecular formula is C23H24N6O2S. The van der Waals surface area contributed by atoms with E-state index in [0.29, 0.717) is 29.7 Å². The number of nitrogens with one attached hydrogen (secondary N) is 1. The molecule has 1 aliphatic heterocycles. The molecule has 9 heteroatoms. The molecule has 1 amide bonds. The first kappa shape index (κ1) is 20.6. The summed E-state index contributed by atoms with van der Waals surface area (Å²) in [5.41, 5.74) is 1.11. The molecule has 1 N–H and O–H groups in total. The predicted octanol–water partition coefficient (Wildman–Crippen LogP) is 2.45. The minimum absolute atomic E-state index is 0.0973. The first-order chi connectivity index (χ1) is 15.7. The predicted molar refractivity (Wildman–Crippen MR) is 124 cm³/mol. The van der Waals surface area contributed by atoms with Gasteiger partial charge in [0, 0.05) is 50.4 Å². The lowest BCUT2D eigenvalue weighted by Gasteiger charge is -2.34. The molecule has 8 nitrogen and oxygen atoms in total. The molecule has 3 aromatic heterocycles. The molecule has 0 radical (unpaired) electrons. The van der Waals surface area contributed by atoms with Gasteiger partial charge in [0.1, 0.15) is 11.2 Å². The van der Waals surface area contributed by atoms with Crippen molar-refractivity contribution in [2.45, 2.75) is 19.4 Å². The van der Waals surface area contributed by atoms with Crippen molar-refractivity contribution < 1.29 is 4.79 Å². The van der Waals surface area contributed by atoms with E-state index in [0.717, 1.165) is 38.4 Å². The van der Waals surface area contributed by atoms with Gasteiger partial charge in [0.2, 0.25) is 5.91 Å². The number of benzene rings is 1. The number of piperazine rings is 1. The zero-order valence-corrected chi connectivity index (χ0v) is 18.4. The van der Waals surface area contributed by atoms with Gasteiger partial charge in [-0.05, 0) is 23.6 Å². The normalized spacial score (nSPS) is 14.8. The average molecular weight is 449 g/mol. The summed E-state index contributed by atoms with van der Waals surface area (Å²) in [6, 6.07) is 13.8. The highest BCUT2D eigenvalue weighted by Crippen LogP contribution is 2.16. The smallest absolute Gasteiger partial charge is 0.262 e. The maximum absolute atomic E-state index is 12.8. The fraction of sp³-hybridized carbons (Fsp3) is 0.304. The molecule has 0 saturated carbocycles. The second kappa shape index (κ2) is 9.05. The van der Waals surface area contributed by atoms with Crippen LogP contribution in [0.5, 0.6) is 0 Å². The van der Waals surface area contributed by atoms with Crippen LogP contribution in [0.15, 0.2) is 58.8 Å². The minimum Gasteiger partial charge on any atom is -0.340 e. The zero-order valence-electron chi connectivity index (χ0n) is 17.6. The summed E-state index contributed by atoms with van der Waals surface area (Å²) in [4.78, 5) is 38.3. The third-order valence-electron chi connectivity index (χ3n) is 5.75. The molecule has 0 spiro atoms. The van der Waals surface area contributed by atoms with Gasteiger partial charge < -0.3 is 9.88 Å². The molecule has 4 heterocycles. The molecule has 5 rings (SSSR count). The molecule has 0 bridgehead atoms. The van der Waals surface area contributed by atoms with Crippen molar-refractivity contribution in [1.82, 2.24) is 29.5 Å². The molecular weight excluding hydrogens is 424 g/mol. The number of rotatable bonds is 6. The van der Waals surface area contributed by atoms with E-state index in [4.69, 9.17) is 0 Å². The highest BCUT2D eigenvalue weighted by atomic mass is 32.1. The molecule has 4 aromatic rings. The van der Waals surface area contributed by atoms with Crippen LogP contribution >= 0.6 is 11.3 Å². The highest BCUT2D eigenvalue weighted by molar-refractivity contribution is 7.09. The van der Waals surface area contributed by atoms with Gasteiger partial charge in [-0.15, -0.1) is 11.3 Å². The lowest BCUT2D eigenvalue weighted by molar-refractivity contribution is -0.133. The van der Waals surface area contributed by atoms with Crippen LogP contribution in [0.4, 0.5) is 0 Å². The van der Waals surface area contributed by atoms with Crippen molar-refractivity contribution >= 4 is 28.3 Å². The summed E-state index contributed by atoms with van der Waals surface area (Å²) in [7, 11) is 0. The molecule has 1 aromatic carbocycles. The Hall–Kier alpha value is -3.30. The van der Waals surface area contributed by atoms with Crippen LogP contribution in [0, 0.1) is 0 Å². The third-order valence-corrected chi connectivity index (χ3v) is 6.61. The lowest BCUT2D eigenvalue weighted by Crippen LogP contribution is -2.48. The Balaban J connectivity index is 1.22.